The van der Waals surface area contributed by atoms with E-state index in [9.17, 15) is 9.90 Å². The molecule has 1 rings (SSSR count). The number of carboxylic acids is 1. The van der Waals surface area contributed by atoms with Gasteiger partial charge in [-0.25, -0.2) is 0 Å². The molecule has 138 valence electrons. The minimum Gasteiger partial charge on any atom is -0.506 e. The molecule has 0 spiro atoms. The van der Waals surface area contributed by atoms with Crippen LogP contribution in [0.5, 0.6) is 5.75 Å². The number of aryl methyl sites for hydroxylation is 1. The van der Waals surface area contributed by atoms with E-state index >= 15 is 0 Å². The maximum atomic E-state index is 10.1. The molecular formula is C16H29N2O4S2+. The number of rotatable bonds is 10. The zero-order chi connectivity index (χ0) is 18.4. The van der Waals surface area contributed by atoms with Crippen molar-refractivity contribution in [3.8, 4) is 5.75 Å². The van der Waals surface area contributed by atoms with Crippen molar-refractivity contribution < 1.29 is 25.8 Å². The van der Waals surface area contributed by atoms with E-state index in [1.54, 1.807) is 23.9 Å². The molecule has 0 aliphatic carbocycles. The highest BCUT2D eigenvalue weighted by atomic mass is 33.1. The summed E-state index contributed by atoms with van der Waals surface area (Å²) in [5.41, 5.74) is 5.57. The molecule has 8 heteroatoms. The topological polar surface area (TPSA) is 118 Å². The summed E-state index contributed by atoms with van der Waals surface area (Å²) >= 11 is 4.03. The summed E-state index contributed by atoms with van der Waals surface area (Å²) in [4.78, 5) is 14.0. The van der Waals surface area contributed by atoms with E-state index in [1.807, 2.05) is 0 Å². The molecule has 0 bridgehead atoms. The fraction of sp³-hybridized carbons (Fsp3) is 0.625. The molecule has 0 atom stereocenters. The molecular weight excluding hydrogens is 348 g/mol. The predicted octanol–water partition coefficient (Wildman–Crippen LogP) is 2.32. The van der Waals surface area contributed by atoms with Crippen molar-refractivity contribution in [2.45, 2.75) is 58.6 Å². The number of unbranched alkanes of at least 4 members (excludes halogenated alkanes) is 4. The average Bonchev–Trinajstić information content (AvgIpc) is 2.56. The lowest BCUT2D eigenvalue weighted by Crippen LogP contribution is -2.47. The zero-order valence-corrected chi connectivity index (χ0v) is 15.9. The van der Waals surface area contributed by atoms with Crippen LogP contribution in [0, 0.1) is 6.92 Å². The van der Waals surface area contributed by atoms with E-state index < -0.39 is 5.97 Å². The van der Waals surface area contributed by atoms with Crippen LogP contribution in [-0.2, 0) is 17.9 Å². The van der Waals surface area contributed by atoms with Gasteiger partial charge in [0.2, 0.25) is 0 Å². The smallest absolute Gasteiger partial charge is 0.303 e. The van der Waals surface area contributed by atoms with Crippen LogP contribution in [0.2, 0.25) is 0 Å². The maximum Gasteiger partial charge on any atom is 0.303 e. The second-order valence-electron chi connectivity index (χ2n) is 5.35. The lowest BCUT2D eigenvalue weighted by Gasteiger charge is -2.06. The zero-order valence-electron chi connectivity index (χ0n) is 14.2. The SMILES string of the molecule is Cc1ncc(CO)c(C[NH3+])c1O.O=C(O)CCCCCCCSS. The highest BCUT2D eigenvalue weighted by Gasteiger charge is 2.10. The van der Waals surface area contributed by atoms with Gasteiger partial charge in [0, 0.05) is 23.9 Å². The molecule has 0 amide bonds. The second kappa shape index (κ2) is 14.4. The number of nitrogens with zero attached hydrogens (tertiary/aromatic N) is 1. The molecule has 0 saturated heterocycles. The normalized spacial score (nSPS) is 10.2. The number of hydrogen-bond acceptors (Lipinski definition) is 6. The van der Waals surface area contributed by atoms with Gasteiger partial charge in [-0.05, 0) is 19.8 Å². The molecule has 6 nitrogen and oxygen atoms in total. The first-order valence-corrected chi connectivity index (χ1v) is 10.1. The Hall–Kier alpha value is -0.960. The second-order valence-corrected chi connectivity index (χ2v) is 6.79. The Kier molecular flexibility index (Phi) is 13.8. The molecule has 24 heavy (non-hydrogen) atoms. The third kappa shape index (κ3) is 10.0. The molecule has 0 aliphatic rings. The van der Waals surface area contributed by atoms with Gasteiger partial charge in [0.25, 0.3) is 0 Å². The average molecular weight is 378 g/mol. The molecule has 0 fully saturated rings. The summed E-state index contributed by atoms with van der Waals surface area (Å²) in [6, 6.07) is 0. The molecule has 0 unspecified atom stereocenters. The standard InChI is InChI=1S/C8H12N2O2.C8H16O2S2/c1-5-8(12)7(2-9)6(4-11)3-10-5;9-8(10)6-4-2-1-3-5-7-12-11/h3,11-12H,2,4,9H2,1H3;11H,1-7H2,(H,9,10)/p+1. The predicted molar refractivity (Wildman–Crippen MR) is 99.9 cm³/mol. The number of aliphatic hydroxyl groups excluding tert-OH is 1. The molecule has 6 N–H and O–H groups in total. The maximum absolute atomic E-state index is 10.1. The van der Waals surface area contributed by atoms with Gasteiger partial charge >= 0.3 is 5.97 Å². The fourth-order valence-electron chi connectivity index (χ4n) is 2.07. The number of aliphatic hydroxyl groups is 1. The highest BCUT2D eigenvalue weighted by Crippen LogP contribution is 2.22. The van der Waals surface area contributed by atoms with Gasteiger partial charge < -0.3 is 21.1 Å². The van der Waals surface area contributed by atoms with E-state index in [2.05, 4.69) is 22.4 Å². The number of thiol groups is 1. The molecule has 1 aromatic rings. The molecule has 1 heterocycles. The lowest BCUT2D eigenvalue weighted by atomic mass is 10.1. The van der Waals surface area contributed by atoms with Crippen molar-refractivity contribution in [3.63, 3.8) is 0 Å². The fourth-order valence-corrected chi connectivity index (χ4v) is 2.79. The Bertz CT molecular complexity index is 487. The molecule has 0 saturated carbocycles. The molecule has 0 aromatic carbocycles. The third-order valence-corrected chi connectivity index (χ3v) is 4.50. The van der Waals surface area contributed by atoms with Gasteiger partial charge in [-0.3, -0.25) is 9.78 Å². The number of carbonyl (C=O) groups is 1. The van der Waals surface area contributed by atoms with E-state index in [4.69, 9.17) is 10.2 Å². The van der Waals surface area contributed by atoms with E-state index in [-0.39, 0.29) is 12.4 Å². The summed E-state index contributed by atoms with van der Waals surface area (Å²) in [6.07, 6.45) is 7.31. The lowest BCUT2D eigenvalue weighted by molar-refractivity contribution is -0.386. The van der Waals surface area contributed by atoms with Crippen LogP contribution in [0.4, 0.5) is 0 Å². The number of pyridine rings is 1. The van der Waals surface area contributed by atoms with Gasteiger partial charge in [-0.15, -0.1) is 11.7 Å². The van der Waals surface area contributed by atoms with Gasteiger partial charge in [0.15, 0.2) is 0 Å². The Balaban J connectivity index is 0.000000441. The van der Waals surface area contributed by atoms with Crippen molar-refractivity contribution in [1.82, 2.24) is 4.98 Å². The number of aromatic hydroxyl groups is 1. The Morgan fingerprint density at radius 1 is 1.29 bits per heavy atom. The van der Waals surface area contributed by atoms with E-state index in [0.717, 1.165) is 25.0 Å². The first kappa shape index (κ1) is 23.0. The van der Waals surface area contributed by atoms with Crippen LogP contribution >= 0.6 is 22.5 Å². The van der Waals surface area contributed by atoms with Crippen LogP contribution < -0.4 is 5.73 Å². The van der Waals surface area contributed by atoms with Gasteiger partial charge in [-0.2, -0.15) is 0 Å². The van der Waals surface area contributed by atoms with E-state index in [1.165, 1.54) is 12.8 Å². The van der Waals surface area contributed by atoms with Crippen molar-refractivity contribution in [2.75, 3.05) is 5.75 Å². The van der Waals surface area contributed by atoms with E-state index in [0.29, 0.717) is 29.8 Å². The Morgan fingerprint density at radius 3 is 2.46 bits per heavy atom. The third-order valence-electron chi connectivity index (χ3n) is 3.48. The summed E-state index contributed by atoms with van der Waals surface area (Å²) in [5, 5.41) is 26.7. The monoisotopic (exact) mass is 377 g/mol. The minimum absolute atomic E-state index is 0.105. The number of aliphatic carboxylic acids is 1. The van der Waals surface area contributed by atoms with Crippen molar-refractivity contribution >= 4 is 28.4 Å². The van der Waals surface area contributed by atoms with Gasteiger partial charge in [0.1, 0.15) is 12.3 Å². The quantitative estimate of drug-likeness (QED) is 0.243. The summed E-state index contributed by atoms with van der Waals surface area (Å²) in [5.74, 6) is 0.569. The summed E-state index contributed by atoms with van der Waals surface area (Å²) in [6.45, 7) is 2.08. The first-order valence-electron chi connectivity index (χ1n) is 8.02. The Labute approximate surface area is 152 Å². The van der Waals surface area contributed by atoms with Crippen LogP contribution in [-0.4, -0.2) is 32.0 Å². The first-order chi connectivity index (χ1) is 11.5. The molecule has 0 radical (unpaired) electrons. The van der Waals surface area contributed by atoms with Crippen LogP contribution in [0.3, 0.4) is 0 Å². The van der Waals surface area contributed by atoms with Gasteiger partial charge in [0.05, 0.1) is 17.9 Å². The van der Waals surface area contributed by atoms with Gasteiger partial charge in [-0.1, -0.05) is 30.1 Å². The largest absolute Gasteiger partial charge is 0.506 e. The van der Waals surface area contributed by atoms with Crippen LogP contribution in [0.15, 0.2) is 6.20 Å². The molecule has 0 aliphatic heterocycles. The van der Waals surface area contributed by atoms with Crippen molar-refractivity contribution in [3.05, 3.63) is 23.0 Å². The highest BCUT2D eigenvalue weighted by molar-refractivity contribution is 8.68. The summed E-state index contributed by atoms with van der Waals surface area (Å²) < 4.78 is 0. The number of hydrogen-bond donors (Lipinski definition) is 5. The Morgan fingerprint density at radius 2 is 1.92 bits per heavy atom. The van der Waals surface area contributed by atoms with Crippen LogP contribution in [0.1, 0.15) is 55.3 Å². The summed E-state index contributed by atoms with van der Waals surface area (Å²) in [7, 11) is 1.57. The number of quaternary nitrogens is 1. The minimum atomic E-state index is -0.680. The van der Waals surface area contributed by atoms with Crippen molar-refractivity contribution in [2.24, 2.45) is 0 Å². The number of carboxylic acid groups (broad SMARTS) is 1. The number of aromatic nitrogens is 1. The molecule has 1 aromatic heterocycles. The van der Waals surface area contributed by atoms with Crippen LogP contribution in [0.25, 0.3) is 0 Å². The van der Waals surface area contributed by atoms with Crippen molar-refractivity contribution in [1.29, 1.82) is 0 Å².